The molecule has 0 spiro atoms. The molecule has 0 aliphatic rings. The number of carbonyl (C=O) groups excluding carboxylic acids is 1. The predicted molar refractivity (Wildman–Crippen MR) is 92.1 cm³/mol. The van der Waals surface area contributed by atoms with Crippen molar-refractivity contribution in [1.29, 1.82) is 0 Å². The van der Waals surface area contributed by atoms with Gasteiger partial charge in [-0.15, -0.1) is 0 Å². The van der Waals surface area contributed by atoms with Crippen LogP contribution in [0.25, 0.3) is 6.08 Å². The van der Waals surface area contributed by atoms with Crippen molar-refractivity contribution in [3.05, 3.63) is 83.6 Å². The fourth-order valence-electron chi connectivity index (χ4n) is 2.39. The Morgan fingerprint density at radius 1 is 1.21 bits per heavy atom. The summed E-state index contributed by atoms with van der Waals surface area (Å²) in [6, 6.07) is 13.6. The zero-order chi connectivity index (χ0) is 16.8. The third kappa shape index (κ3) is 4.23. The first-order chi connectivity index (χ1) is 11.7. The molecule has 1 N–H and O–H groups in total. The Kier molecular flexibility index (Phi) is 4.91. The van der Waals surface area contributed by atoms with E-state index in [0.29, 0.717) is 18.8 Å². The molecular formula is C19H19N3O2. The van der Waals surface area contributed by atoms with Crippen molar-refractivity contribution in [2.45, 2.75) is 20.0 Å². The minimum atomic E-state index is -0.155. The highest BCUT2D eigenvalue weighted by Crippen LogP contribution is 2.11. The molecule has 0 aliphatic heterocycles. The third-order valence-corrected chi connectivity index (χ3v) is 3.62. The Morgan fingerprint density at radius 3 is 2.75 bits per heavy atom. The molecule has 0 saturated carbocycles. The van der Waals surface area contributed by atoms with Crippen molar-refractivity contribution in [3.8, 4) is 0 Å². The first-order valence-corrected chi connectivity index (χ1v) is 7.77. The molecule has 3 aromatic rings. The second-order valence-electron chi connectivity index (χ2n) is 5.47. The molecule has 5 nitrogen and oxygen atoms in total. The van der Waals surface area contributed by atoms with Crippen LogP contribution in [0.5, 0.6) is 0 Å². The maximum absolute atomic E-state index is 12.0. The quantitative estimate of drug-likeness (QED) is 0.709. The Bertz CT molecular complexity index is 832. The van der Waals surface area contributed by atoms with E-state index in [1.54, 1.807) is 12.3 Å². The molecule has 5 heteroatoms. The molecule has 1 aromatic carbocycles. The summed E-state index contributed by atoms with van der Waals surface area (Å²) in [5, 5.41) is 7.12. The number of hydrogen-bond donors (Lipinski definition) is 1. The van der Waals surface area contributed by atoms with Gasteiger partial charge >= 0.3 is 0 Å². The zero-order valence-corrected chi connectivity index (χ0v) is 13.5. The van der Waals surface area contributed by atoms with Gasteiger partial charge in [0, 0.05) is 25.0 Å². The predicted octanol–water partition coefficient (Wildman–Crippen LogP) is 3.16. The number of hydrogen-bond acceptors (Lipinski definition) is 3. The second kappa shape index (κ2) is 7.46. The Balaban J connectivity index is 1.60. The number of aryl methyl sites for hydroxylation is 1. The third-order valence-electron chi connectivity index (χ3n) is 3.62. The van der Waals surface area contributed by atoms with Crippen molar-refractivity contribution in [1.82, 2.24) is 15.1 Å². The number of nitrogens with zero attached hydrogens (tertiary/aromatic N) is 2. The minimum absolute atomic E-state index is 0.155. The van der Waals surface area contributed by atoms with Crippen LogP contribution in [-0.2, 0) is 17.9 Å². The summed E-state index contributed by atoms with van der Waals surface area (Å²) in [4.78, 5) is 12.0. The standard InChI is InChI=1S/C19H19N3O2/c1-15-7-8-18(24-15)9-10-19(23)20-13-16-5-2-3-6-17(16)14-22-12-4-11-21-22/h2-12H,13-14H2,1H3,(H,20,23). The fourth-order valence-corrected chi connectivity index (χ4v) is 2.39. The number of amides is 1. The van der Waals surface area contributed by atoms with Gasteiger partial charge in [0.25, 0.3) is 0 Å². The van der Waals surface area contributed by atoms with E-state index in [1.165, 1.54) is 6.08 Å². The molecular weight excluding hydrogens is 302 g/mol. The molecule has 3 rings (SSSR count). The largest absolute Gasteiger partial charge is 0.462 e. The van der Waals surface area contributed by atoms with Gasteiger partial charge in [0.1, 0.15) is 11.5 Å². The van der Waals surface area contributed by atoms with Crippen LogP contribution in [-0.4, -0.2) is 15.7 Å². The van der Waals surface area contributed by atoms with Gasteiger partial charge in [0.2, 0.25) is 5.91 Å². The molecule has 0 aliphatic carbocycles. The van der Waals surface area contributed by atoms with Gasteiger partial charge < -0.3 is 9.73 Å². The van der Waals surface area contributed by atoms with Gasteiger partial charge in [-0.2, -0.15) is 5.10 Å². The van der Waals surface area contributed by atoms with E-state index in [2.05, 4.69) is 10.4 Å². The smallest absolute Gasteiger partial charge is 0.244 e. The van der Waals surface area contributed by atoms with Crippen LogP contribution < -0.4 is 5.32 Å². The molecule has 24 heavy (non-hydrogen) atoms. The summed E-state index contributed by atoms with van der Waals surface area (Å²) < 4.78 is 7.26. The lowest BCUT2D eigenvalue weighted by Gasteiger charge is -2.10. The normalized spacial score (nSPS) is 11.0. The van der Waals surface area contributed by atoms with E-state index in [0.717, 1.165) is 16.9 Å². The van der Waals surface area contributed by atoms with E-state index in [1.807, 2.05) is 60.3 Å². The highest BCUT2D eigenvalue weighted by Gasteiger charge is 2.04. The van der Waals surface area contributed by atoms with Gasteiger partial charge in [-0.05, 0) is 42.3 Å². The number of rotatable bonds is 6. The molecule has 0 unspecified atom stereocenters. The highest BCUT2D eigenvalue weighted by molar-refractivity contribution is 5.91. The van der Waals surface area contributed by atoms with Crippen molar-refractivity contribution in [3.63, 3.8) is 0 Å². The number of benzene rings is 1. The maximum atomic E-state index is 12.0. The number of furan rings is 1. The summed E-state index contributed by atoms with van der Waals surface area (Å²) in [6.45, 7) is 3.02. The fraction of sp³-hybridized carbons (Fsp3) is 0.158. The number of carbonyl (C=O) groups is 1. The first-order valence-electron chi connectivity index (χ1n) is 7.77. The Labute approximate surface area is 140 Å². The maximum Gasteiger partial charge on any atom is 0.244 e. The summed E-state index contributed by atoms with van der Waals surface area (Å²) in [5.74, 6) is 1.34. The average molecular weight is 321 g/mol. The number of nitrogens with one attached hydrogen (secondary N) is 1. The Hall–Kier alpha value is -3.08. The van der Waals surface area contributed by atoms with E-state index in [4.69, 9.17) is 4.42 Å². The van der Waals surface area contributed by atoms with Crippen molar-refractivity contribution in [2.24, 2.45) is 0 Å². The lowest BCUT2D eigenvalue weighted by Crippen LogP contribution is -2.21. The van der Waals surface area contributed by atoms with Crippen LogP contribution in [0.15, 0.2) is 65.4 Å². The van der Waals surface area contributed by atoms with E-state index >= 15 is 0 Å². The summed E-state index contributed by atoms with van der Waals surface area (Å²) in [7, 11) is 0. The molecule has 1 amide bonds. The van der Waals surface area contributed by atoms with Crippen LogP contribution in [0.4, 0.5) is 0 Å². The van der Waals surface area contributed by atoms with Gasteiger partial charge in [-0.25, -0.2) is 0 Å². The monoisotopic (exact) mass is 321 g/mol. The molecule has 0 saturated heterocycles. The van der Waals surface area contributed by atoms with Gasteiger partial charge in [0.05, 0.1) is 6.54 Å². The molecule has 2 aromatic heterocycles. The molecule has 0 fully saturated rings. The lowest BCUT2D eigenvalue weighted by molar-refractivity contribution is -0.116. The summed E-state index contributed by atoms with van der Waals surface area (Å²) in [5.41, 5.74) is 2.20. The van der Waals surface area contributed by atoms with Gasteiger partial charge in [-0.1, -0.05) is 24.3 Å². The van der Waals surface area contributed by atoms with Gasteiger partial charge in [0.15, 0.2) is 0 Å². The van der Waals surface area contributed by atoms with E-state index in [9.17, 15) is 4.79 Å². The molecule has 0 radical (unpaired) electrons. The van der Waals surface area contributed by atoms with Gasteiger partial charge in [-0.3, -0.25) is 9.48 Å². The van der Waals surface area contributed by atoms with Crippen LogP contribution in [0.3, 0.4) is 0 Å². The second-order valence-corrected chi connectivity index (χ2v) is 5.47. The SMILES string of the molecule is Cc1ccc(C=CC(=O)NCc2ccccc2Cn2cccn2)o1. The van der Waals surface area contributed by atoms with E-state index in [-0.39, 0.29) is 5.91 Å². The van der Waals surface area contributed by atoms with Crippen LogP contribution in [0, 0.1) is 6.92 Å². The minimum Gasteiger partial charge on any atom is -0.462 e. The van der Waals surface area contributed by atoms with Crippen LogP contribution >= 0.6 is 0 Å². The summed E-state index contributed by atoms with van der Waals surface area (Å²) in [6.07, 6.45) is 6.82. The number of aromatic nitrogens is 2. The van der Waals surface area contributed by atoms with E-state index < -0.39 is 0 Å². The highest BCUT2D eigenvalue weighted by atomic mass is 16.3. The zero-order valence-electron chi connectivity index (χ0n) is 13.5. The van der Waals surface area contributed by atoms with Crippen LogP contribution in [0.1, 0.15) is 22.6 Å². The van der Waals surface area contributed by atoms with Crippen molar-refractivity contribution in [2.75, 3.05) is 0 Å². The Morgan fingerprint density at radius 2 is 2.04 bits per heavy atom. The molecule has 0 atom stereocenters. The van der Waals surface area contributed by atoms with Crippen molar-refractivity contribution >= 4 is 12.0 Å². The van der Waals surface area contributed by atoms with Crippen molar-refractivity contribution < 1.29 is 9.21 Å². The topological polar surface area (TPSA) is 60.1 Å². The van der Waals surface area contributed by atoms with Crippen LogP contribution in [0.2, 0.25) is 0 Å². The molecule has 0 bridgehead atoms. The molecule has 122 valence electrons. The molecule has 2 heterocycles. The first kappa shape index (κ1) is 15.8. The lowest BCUT2D eigenvalue weighted by atomic mass is 10.1. The average Bonchev–Trinajstić information content (AvgIpc) is 3.24. The summed E-state index contributed by atoms with van der Waals surface area (Å²) >= 11 is 0.